The van der Waals surface area contributed by atoms with Crippen molar-refractivity contribution in [3.8, 4) is 11.1 Å². The number of rotatable bonds is 4. The molecule has 0 amide bonds. The molecule has 0 unspecified atom stereocenters. The molecular weight excluding hydrogens is 429 g/mol. The topological polar surface area (TPSA) is 3.24 Å². The Labute approximate surface area is 204 Å². The van der Waals surface area contributed by atoms with Crippen molar-refractivity contribution >= 4 is 45.8 Å². The van der Waals surface area contributed by atoms with Crippen LogP contribution in [-0.2, 0) is 0 Å². The lowest BCUT2D eigenvalue weighted by atomic mass is 9.92. The second-order valence-electron chi connectivity index (χ2n) is 10.1. The predicted octanol–water partition coefficient (Wildman–Crippen LogP) is 7.96. The van der Waals surface area contributed by atoms with Crippen LogP contribution in [0, 0.1) is 0 Å². The van der Waals surface area contributed by atoms with Crippen molar-refractivity contribution in [3.05, 3.63) is 103 Å². The molecule has 0 heterocycles. The van der Waals surface area contributed by atoms with E-state index >= 15 is 0 Å². The molecule has 0 aliphatic rings. The molecule has 5 aromatic rings. The van der Waals surface area contributed by atoms with Crippen LogP contribution in [0.25, 0.3) is 32.7 Å². The fraction of sp³-hybridized carbons (Fsp3) is 0.188. The largest absolute Gasteiger partial charge is 0.377 e. The molecular formula is C32H32NP. The average Bonchev–Trinajstić information content (AvgIpc) is 2.83. The fourth-order valence-corrected chi connectivity index (χ4v) is 7.99. The molecule has 170 valence electrons. The van der Waals surface area contributed by atoms with E-state index in [0.29, 0.717) is 0 Å². The van der Waals surface area contributed by atoms with Gasteiger partial charge in [-0.25, -0.2) is 0 Å². The minimum Gasteiger partial charge on any atom is -0.377 e. The second kappa shape index (κ2) is 8.90. The lowest BCUT2D eigenvalue weighted by molar-refractivity contribution is 0.793. The summed E-state index contributed by atoms with van der Waals surface area (Å²) in [6.07, 6.45) is 0. The molecule has 0 aromatic heterocycles. The third-order valence-electron chi connectivity index (χ3n) is 6.47. The number of benzene rings is 5. The molecule has 0 aliphatic heterocycles. The van der Waals surface area contributed by atoms with Gasteiger partial charge in [-0.3, -0.25) is 0 Å². The third-order valence-corrected chi connectivity index (χ3v) is 9.48. The zero-order chi connectivity index (χ0) is 23.9. The molecule has 1 atom stereocenters. The maximum Gasteiger partial charge on any atom is 0.0447 e. The predicted molar refractivity (Wildman–Crippen MR) is 154 cm³/mol. The van der Waals surface area contributed by atoms with Gasteiger partial charge in [0.1, 0.15) is 0 Å². The zero-order valence-corrected chi connectivity index (χ0v) is 21.6. The van der Waals surface area contributed by atoms with Gasteiger partial charge in [0.15, 0.2) is 0 Å². The van der Waals surface area contributed by atoms with Crippen LogP contribution < -0.4 is 15.5 Å². The highest BCUT2D eigenvalue weighted by molar-refractivity contribution is 7.74. The maximum absolute atomic E-state index is 2.41. The fourth-order valence-electron chi connectivity index (χ4n) is 5.07. The van der Waals surface area contributed by atoms with Gasteiger partial charge in [-0.2, -0.15) is 0 Å². The second-order valence-corrected chi connectivity index (χ2v) is 13.1. The van der Waals surface area contributed by atoms with Crippen molar-refractivity contribution < 1.29 is 0 Å². The Morgan fingerprint density at radius 1 is 0.559 bits per heavy atom. The van der Waals surface area contributed by atoms with Gasteiger partial charge in [0, 0.05) is 30.9 Å². The maximum atomic E-state index is 2.41. The minimum absolute atomic E-state index is 0.108. The van der Waals surface area contributed by atoms with Gasteiger partial charge < -0.3 is 4.90 Å². The van der Waals surface area contributed by atoms with E-state index in [9.17, 15) is 0 Å². The third kappa shape index (κ3) is 3.99. The SMILES string of the molecule is CN(C)c1ccc2ccccc2c1-c1c([P@@](c2ccccc2)C(C)(C)C)ccc2ccccc12. The summed E-state index contributed by atoms with van der Waals surface area (Å²) in [4.78, 5) is 2.26. The zero-order valence-electron chi connectivity index (χ0n) is 20.7. The summed E-state index contributed by atoms with van der Waals surface area (Å²) in [5.41, 5.74) is 3.97. The van der Waals surface area contributed by atoms with Crippen molar-refractivity contribution in [2.75, 3.05) is 19.0 Å². The quantitative estimate of drug-likeness (QED) is 0.245. The number of nitrogens with zero attached hydrogens (tertiary/aromatic N) is 1. The highest BCUT2D eigenvalue weighted by Crippen LogP contribution is 2.52. The minimum atomic E-state index is -0.615. The number of hydrogen-bond donors (Lipinski definition) is 0. The molecule has 0 saturated carbocycles. The van der Waals surface area contributed by atoms with E-state index in [1.807, 2.05) is 0 Å². The van der Waals surface area contributed by atoms with E-state index in [1.54, 1.807) is 0 Å². The molecule has 0 saturated heterocycles. The Balaban J connectivity index is 1.97. The van der Waals surface area contributed by atoms with E-state index < -0.39 is 7.92 Å². The monoisotopic (exact) mass is 461 g/mol. The number of fused-ring (bicyclic) bond motifs is 2. The van der Waals surface area contributed by atoms with Crippen LogP contribution in [0.2, 0.25) is 0 Å². The van der Waals surface area contributed by atoms with Gasteiger partial charge >= 0.3 is 0 Å². The van der Waals surface area contributed by atoms with Gasteiger partial charge in [-0.1, -0.05) is 118 Å². The van der Waals surface area contributed by atoms with Crippen molar-refractivity contribution in [1.82, 2.24) is 0 Å². The summed E-state index contributed by atoms with van der Waals surface area (Å²) >= 11 is 0. The molecule has 5 rings (SSSR count). The Hall–Kier alpha value is -3.15. The van der Waals surface area contributed by atoms with Gasteiger partial charge in [0.25, 0.3) is 0 Å². The van der Waals surface area contributed by atoms with Crippen molar-refractivity contribution in [1.29, 1.82) is 0 Å². The molecule has 0 fully saturated rings. The average molecular weight is 462 g/mol. The summed E-state index contributed by atoms with van der Waals surface area (Å²) in [5, 5.41) is 8.18. The first kappa shape index (κ1) is 22.6. The Bertz CT molecular complexity index is 1460. The molecule has 5 aromatic carbocycles. The van der Waals surface area contributed by atoms with Crippen molar-refractivity contribution in [2.45, 2.75) is 25.9 Å². The highest BCUT2D eigenvalue weighted by atomic mass is 31.1. The first-order valence-electron chi connectivity index (χ1n) is 11.9. The van der Waals surface area contributed by atoms with Gasteiger partial charge in [-0.05, 0) is 51.3 Å². The van der Waals surface area contributed by atoms with Crippen LogP contribution in [0.4, 0.5) is 5.69 Å². The smallest absolute Gasteiger partial charge is 0.0447 e. The van der Waals surface area contributed by atoms with Crippen LogP contribution in [0.5, 0.6) is 0 Å². The molecule has 0 spiro atoms. The van der Waals surface area contributed by atoms with Gasteiger partial charge in [0.05, 0.1) is 0 Å². The van der Waals surface area contributed by atoms with E-state index in [0.717, 1.165) is 0 Å². The van der Waals surface area contributed by atoms with Crippen LogP contribution in [0.3, 0.4) is 0 Å². The number of hydrogen-bond acceptors (Lipinski definition) is 1. The van der Waals surface area contributed by atoms with E-state index in [1.165, 1.54) is 49.0 Å². The molecule has 34 heavy (non-hydrogen) atoms. The van der Waals surface area contributed by atoms with Crippen LogP contribution in [0.15, 0.2) is 103 Å². The molecule has 0 aliphatic carbocycles. The summed E-state index contributed by atoms with van der Waals surface area (Å²) in [6, 6.07) is 38.0. The Kier molecular flexibility index (Phi) is 5.92. The first-order valence-corrected chi connectivity index (χ1v) is 13.3. The molecule has 1 nitrogen and oxygen atoms in total. The van der Waals surface area contributed by atoms with Crippen molar-refractivity contribution in [2.24, 2.45) is 0 Å². The normalized spacial score (nSPS) is 12.7. The molecule has 2 heteroatoms. The van der Waals surface area contributed by atoms with Gasteiger partial charge in [0.2, 0.25) is 0 Å². The lowest BCUT2D eigenvalue weighted by Gasteiger charge is -2.35. The number of anilines is 1. The summed E-state index contributed by atoms with van der Waals surface area (Å²) in [5.74, 6) is 0. The molecule has 0 bridgehead atoms. The molecule has 0 radical (unpaired) electrons. The summed E-state index contributed by atoms with van der Waals surface area (Å²) < 4.78 is 0. The van der Waals surface area contributed by atoms with Crippen molar-refractivity contribution in [3.63, 3.8) is 0 Å². The molecule has 0 N–H and O–H groups in total. The Morgan fingerprint density at radius 3 is 1.68 bits per heavy atom. The van der Waals surface area contributed by atoms with E-state index in [-0.39, 0.29) is 5.16 Å². The standard InChI is InChI=1S/C32H32NP/c1-32(2,3)34(25-15-7-6-8-16-25)29-22-20-24-14-10-12-18-27(24)31(29)30-26-17-11-9-13-23(26)19-21-28(30)33(4)5/h6-22H,1-5H3/t34-/m1/s1. The van der Waals surface area contributed by atoms with Crippen LogP contribution in [-0.4, -0.2) is 19.3 Å². The first-order chi connectivity index (χ1) is 16.4. The van der Waals surface area contributed by atoms with E-state index in [2.05, 4.69) is 143 Å². The summed E-state index contributed by atoms with van der Waals surface area (Å²) in [7, 11) is 3.69. The van der Waals surface area contributed by atoms with Crippen LogP contribution in [0.1, 0.15) is 20.8 Å². The highest BCUT2D eigenvalue weighted by Gasteiger charge is 2.31. The summed E-state index contributed by atoms with van der Waals surface area (Å²) in [6.45, 7) is 7.17. The van der Waals surface area contributed by atoms with Gasteiger partial charge in [-0.15, -0.1) is 0 Å². The Morgan fingerprint density at radius 2 is 1.09 bits per heavy atom. The van der Waals surface area contributed by atoms with E-state index in [4.69, 9.17) is 0 Å². The lowest BCUT2D eigenvalue weighted by Crippen LogP contribution is -2.28. The van der Waals surface area contributed by atoms with Crippen LogP contribution >= 0.6 is 7.92 Å².